The topological polar surface area (TPSA) is 92.6 Å². The van der Waals surface area contributed by atoms with Gasteiger partial charge in [0.2, 0.25) is 0 Å². The molecular weight excluding hydrogens is 382 g/mol. The number of nitro groups is 1. The number of nitrogens with zero attached hydrogens (tertiary/aromatic N) is 2. The average Bonchev–Trinajstić information content (AvgIpc) is 2.78. The summed E-state index contributed by atoms with van der Waals surface area (Å²) in [5.41, 5.74) is 3.69. The number of hydrogen-bond acceptors (Lipinski definition) is 4. The zero-order valence-corrected chi connectivity index (χ0v) is 16.1. The fourth-order valence-electron chi connectivity index (χ4n) is 3.51. The van der Waals surface area contributed by atoms with Crippen LogP contribution in [0.1, 0.15) is 31.8 Å². The van der Waals surface area contributed by atoms with Gasteiger partial charge in [-0.15, -0.1) is 0 Å². The summed E-state index contributed by atoms with van der Waals surface area (Å²) >= 11 is 0. The van der Waals surface area contributed by atoms with Gasteiger partial charge in [-0.3, -0.25) is 19.7 Å². The van der Waals surface area contributed by atoms with Crippen LogP contribution in [0.5, 0.6) is 0 Å². The third kappa shape index (κ3) is 4.05. The van der Waals surface area contributed by atoms with Gasteiger partial charge in [0.1, 0.15) is 0 Å². The van der Waals surface area contributed by atoms with Crippen molar-refractivity contribution in [3.05, 3.63) is 105 Å². The normalized spacial score (nSPS) is 12.7. The van der Waals surface area contributed by atoms with E-state index in [1.807, 2.05) is 36.4 Å². The quantitative estimate of drug-likeness (QED) is 0.527. The molecule has 3 aromatic carbocycles. The molecule has 0 spiro atoms. The average molecular weight is 401 g/mol. The maximum atomic E-state index is 12.7. The van der Waals surface area contributed by atoms with Crippen molar-refractivity contribution in [2.45, 2.75) is 13.0 Å². The van der Waals surface area contributed by atoms with Crippen molar-refractivity contribution in [2.24, 2.45) is 0 Å². The van der Waals surface area contributed by atoms with Crippen LogP contribution in [0.4, 0.5) is 11.4 Å². The number of amides is 2. The molecule has 30 heavy (non-hydrogen) atoms. The Labute approximate surface area is 173 Å². The fourth-order valence-corrected chi connectivity index (χ4v) is 3.51. The van der Waals surface area contributed by atoms with E-state index in [4.69, 9.17) is 0 Å². The summed E-state index contributed by atoms with van der Waals surface area (Å²) in [6, 6.07) is 20.3. The summed E-state index contributed by atoms with van der Waals surface area (Å²) in [5.74, 6) is -0.362. The minimum absolute atomic E-state index is 0.0124. The van der Waals surface area contributed by atoms with Crippen molar-refractivity contribution in [3.8, 4) is 0 Å². The number of carbonyl (C=O) groups excluding carboxylic acids is 2. The van der Waals surface area contributed by atoms with E-state index < -0.39 is 4.92 Å². The lowest BCUT2D eigenvalue weighted by molar-refractivity contribution is -0.384. The van der Waals surface area contributed by atoms with E-state index in [0.29, 0.717) is 29.9 Å². The van der Waals surface area contributed by atoms with Gasteiger partial charge in [0.15, 0.2) is 0 Å². The summed E-state index contributed by atoms with van der Waals surface area (Å²) in [4.78, 5) is 37.3. The number of non-ortho nitro benzene ring substituents is 1. The van der Waals surface area contributed by atoms with Gasteiger partial charge in [-0.1, -0.05) is 24.3 Å². The minimum atomic E-state index is -0.506. The van der Waals surface area contributed by atoms with Gasteiger partial charge in [0.25, 0.3) is 17.5 Å². The second kappa shape index (κ2) is 8.16. The number of rotatable bonds is 4. The van der Waals surface area contributed by atoms with Crippen LogP contribution in [0, 0.1) is 10.1 Å². The highest BCUT2D eigenvalue weighted by Gasteiger charge is 2.22. The Balaban J connectivity index is 1.48. The molecule has 2 amide bonds. The molecule has 0 bridgehead atoms. The molecule has 7 nitrogen and oxygen atoms in total. The SMILES string of the molecule is O=C(Nc1ccc2c(c1)CN(C(=O)c1ccccc1)CC2)c1ccc([N+](=O)[O-])cc1. The predicted octanol–water partition coefficient (Wildman–Crippen LogP) is 4.05. The second-order valence-electron chi connectivity index (χ2n) is 7.08. The highest BCUT2D eigenvalue weighted by atomic mass is 16.6. The first-order valence-electron chi connectivity index (χ1n) is 9.53. The Morgan fingerprint density at radius 1 is 0.900 bits per heavy atom. The Hall–Kier alpha value is -4.00. The van der Waals surface area contributed by atoms with Crippen LogP contribution >= 0.6 is 0 Å². The van der Waals surface area contributed by atoms with Gasteiger partial charge in [-0.2, -0.15) is 0 Å². The summed E-state index contributed by atoms with van der Waals surface area (Å²) in [6.45, 7) is 1.12. The van der Waals surface area contributed by atoms with E-state index in [-0.39, 0.29) is 17.5 Å². The molecule has 0 aromatic heterocycles. The van der Waals surface area contributed by atoms with Gasteiger partial charge in [-0.05, 0) is 53.9 Å². The van der Waals surface area contributed by atoms with Crippen LogP contribution in [0.25, 0.3) is 0 Å². The molecule has 3 aromatic rings. The summed E-state index contributed by atoms with van der Waals surface area (Å²) in [5, 5.41) is 13.6. The largest absolute Gasteiger partial charge is 0.334 e. The molecule has 0 fully saturated rings. The molecule has 0 saturated heterocycles. The molecule has 150 valence electrons. The molecule has 0 saturated carbocycles. The third-order valence-corrected chi connectivity index (χ3v) is 5.12. The van der Waals surface area contributed by atoms with Crippen molar-refractivity contribution in [1.29, 1.82) is 0 Å². The van der Waals surface area contributed by atoms with Crippen molar-refractivity contribution in [2.75, 3.05) is 11.9 Å². The molecule has 1 aliphatic rings. The van der Waals surface area contributed by atoms with Crippen LogP contribution in [0.2, 0.25) is 0 Å². The van der Waals surface area contributed by atoms with E-state index in [9.17, 15) is 19.7 Å². The van der Waals surface area contributed by atoms with Crippen LogP contribution in [-0.4, -0.2) is 28.2 Å². The smallest absolute Gasteiger partial charge is 0.269 e. The summed E-state index contributed by atoms with van der Waals surface area (Å²) in [7, 11) is 0. The maximum absolute atomic E-state index is 12.7. The van der Waals surface area contributed by atoms with Crippen molar-refractivity contribution < 1.29 is 14.5 Å². The third-order valence-electron chi connectivity index (χ3n) is 5.12. The lowest BCUT2D eigenvalue weighted by atomic mass is 9.98. The Bertz CT molecular complexity index is 1110. The Kier molecular flexibility index (Phi) is 5.26. The Morgan fingerprint density at radius 3 is 2.33 bits per heavy atom. The van der Waals surface area contributed by atoms with Crippen molar-refractivity contribution in [1.82, 2.24) is 4.90 Å². The number of nitro benzene ring substituents is 1. The van der Waals surface area contributed by atoms with E-state index in [2.05, 4.69) is 5.32 Å². The number of benzene rings is 3. The standard InChI is InChI=1S/C23H19N3O4/c27-22(17-7-10-21(11-8-17)26(29)30)24-20-9-6-16-12-13-25(15-19(16)14-20)23(28)18-4-2-1-3-5-18/h1-11,14H,12-13,15H2,(H,24,27). The molecule has 1 N–H and O–H groups in total. The highest BCUT2D eigenvalue weighted by molar-refractivity contribution is 6.04. The second-order valence-corrected chi connectivity index (χ2v) is 7.08. The van der Waals surface area contributed by atoms with E-state index in [1.54, 1.807) is 17.0 Å². The van der Waals surface area contributed by atoms with E-state index >= 15 is 0 Å². The molecule has 1 heterocycles. The lowest BCUT2D eigenvalue weighted by Crippen LogP contribution is -2.36. The first-order valence-corrected chi connectivity index (χ1v) is 9.53. The number of hydrogen-bond donors (Lipinski definition) is 1. The van der Waals surface area contributed by atoms with Crippen molar-refractivity contribution in [3.63, 3.8) is 0 Å². The first kappa shape index (κ1) is 19.3. The molecule has 1 aliphatic heterocycles. The minimum Gasteiger partial charge on any atom is -0.334 e. The van der Waals surface area contributed by atoms with Gasteiger partial charge in [-0.25, -0.2) is 0 Å². The molecule has 7 heteroatoms. The molecule has 0 radical (unpaired) electrons. The molecule has 4 rings (SSSR count). The van der Waals surface area contributed by atoms with Crippen LogP contribution in [-0.2, 0) is 13.0 Å². The number of fused-ring (bicyclic) bond motifs is 1. The first-order chi connectivity index (χ1) is 14.5. The van der Waals surface area contributed by atoms with Gasteiger partial charge >= 0.3 is 0 Å². The highest BCUT2D eigenvalue weighted by Crippen LogP contribution is 2.24. The van der Waals surface area contributed by atoms with E-state index in [1.165, 1.54) is 24.3 Å². The Morgan fingerprint density at radius 2 is 1.63 bits per heavy atom. The molecular formula is C23H19N3O4. The maximum Gasteiger partial charge on any atom is 0.269 e. The fraction of sp³-hybridized carbons (Fsp3) is 0.130. The van der Waals surface area contributed by atoms with Crippen LogP contribution < -0.4 is 5.32 Å². The number of carbonyl (C=O) groups is 2. The number of nitrogens with one attached hydrogen (secondary N) is 1. The predicted molar refractivity (Wildman–Crippen MR) is 112 cm³/mol. The van der Waals surface area contributed by atoms with Crippen LogP contribution in [0.15, 0.2) is 72.8 Å². The zero-order valence-electron chi connectivity index (χ0n) is 16.1. The molecule has 0 unspecified atom stereocenters. The zero-order chi connectivity index (χ0) is 21.1. The van der Waals surface area contributed by atoms with Gasteiger partial charge in [0, 0.05) is 42.0 Å². The summed E-state index contributed by atoms with van der Waals surface area (Å²) in [6.07, 6.45) is 0.754. The monoisotopic (exact) mass is 401 g/mol. The van der Waals surface area contributed by atoms with Gasteiger partial charge < -0.3 is 10.2 Å². The number of anilines is 1. The summed E-state index contributed by atoms with van der Waals surface area (Å²) < 4.78 is 0. The molecule has 0 aliphatic carbocycles. The van der Waals surface area contributed by atoms with Crippen molar-refractivity contribution >= 4 is 23.2 Å². The van der Waals surface area contributed by atoms with Crippen LogP contribution in [0.3, 0.4) is 0 Å². The lowest BCUT2D eigenvalue weighted by Gasteiger charge is -2.29. The molecule has 0 atom stereocenters. The van der Waals surface area contributed by atoms with Gasteiger partial charge in [0.05, 0.1) is 4.92 Å². The van der Waals surface area contributed by atoms with E-state index in [0.717, 1.165) is 17.5 Å².